The van der Waals surface area contributed by atoms with Crippen LogP contribution in [-0.2, 0) is 24.2 Å². The molecule has 0 saturated carbocycles. The Kier molecular flexibility index (Phi) is 7.80. The maximum Gasteiger partial charge on any atom is 0.262 e. The largest absolute Gasteiger partial charge is 0.325 e. The van der Waals surface area contributed by atoms with E-state index in [1.807, 2.05) is 67.6 Å². The Hall–Kier alpha value is -3.38. The highest BCUT2D eigenvalue weighted by Gasteiger charge is 2.14. The fraction of sp³-hybridized carbons (Fsp3) is 0.250. The summed E-state index contributed by atoms with van der Waals surface area (Å²) in [4.78, 5) is 30.8. The van der Waals surface area contributed by atoms with Gasteiger partial charge >= 0.3 is 0 Å². The highest BCUT2D eigenvalue weighted by molar-refractivity contribution is 7.99. The van der Waals surface area contributed by atoms with Crippen LogP contribution in [0.25, 0.3) is 10.9 Å². The quantitative estimate of drug-likeness (QED) is 0.254. The van der Waals surface area contributed by atoms with Gasteiger partial charge in [0.05, 0.1) is 16.7 Å². The summed E-state index contributed by atoms with van der Waals surface area (Å²) in [5.74, 6) is 0.0771. The smallest absolute Gasteiger partial charge is 0.262 e. The SMILES string of the molecule is CCc1cccc(C)c1NC(=O)CSc1nc2ccccc2c(=O)n1CCCc1ccccc1. The van der Waals surface area contributed by atoms with Gasteiger partial charge in [-0.15, -0.1) is 0 Å². The summed E-state index contributed by atoms with van der Waals surface area (Å²) in [5, 5.41) is 4.24. The minimum atomic E-state index is -0.104. The second kappa shape index (κ2) is 11.2. The van der Waals surface area contributed by atoms with E-state index >= 15 is 0 Å². The summed E-state index contributed by atoms with van der Waals surface area (Å²) in [5.41, 5.74) is 4.86. The Labute approximate surface area is 204 Å². The fourth-order valence-corrected chi connectivity index (χ4v) is 4.87. The van der Waals surface area contributed by atoms with Crippen LogP contribution in [0.1, 0.15) is 30.0 Å². The first-order valence-electron chi connectivity index (χ1n) is 11.6. The Morgan fingerprint density at radius 1 is 1.00 bits per heavy atom. The molecule has 0 saturated heterocycles. The average Bonchev–Trinajstić information content (AvgIpc) is 2.86. The summed E-state index contributed by atoms with van der Waals surface area (Å²) in [7, 11) is 0. The molecule has 0 unspecified atom stereocenters. The lowest BCUT2D eigenvalue weighted by atomic mass is 10.1. The zero-order valence-electron chi connectivity index (χ0n) is 19.6. The lowest BCUT2D eigenvalue weighted by Gasteiger charge is -2.15. The summed E-state index contributed by atoms with van der Waals surface area (Å²) >= 11 is 1.31. The van der Waals surface area contributed by atoms with E-state index in [-0.39, 0.29) is 17.2 Å². The van der Waals surface area contributed by atoms with Gasteiger partial charge in [-0.1, -0.05) is 79.3 Å². The number of carbonyl (C=O) groups excluding carboxylic acids is 1. The monoisotopic (exact) mass is 471 g/mol. The van der Waals surface area contributed by atoms with Gasteiger partial charge in [-0.3, -0.25) is 14.2 Å². The first-order valence-corrected chi connectivity index (χ1v) is 12.6. The minimum Gasteiger partial charge on any atom is -0.325 e. The first-order chi connectivity index (χ1) is 16.6. The van der Waals surface area contributed by atoms with Crippen molar-refractivity contribution in [2.24, 2.45) is 0 Å². The molecule has 3 aromatic carbocycles. The molecule has 1 aromatic heterocycles. The average molecular weight is 472 g/mol. The number of fused-ring (bicyclic) bond motifs is 1. The Morgan fingerprint density at radius 2 is 1.76 bits per heavy atom. The van der Waals surface area contributed by atoms with Crippen molar-refractivity contribution in [1.82, 2.24) is 9.55 Å². The molecule has 4 aromatic rings. The molecular formula is C28H29N3O2S. The van der Waals surface area contributed by atoms with Crippen molar-refractivity contribution in [2.75, 3.05) is 11.1 Å². The highest BCUT2D eigenvalue weighted by atomic mass is 32.2. The molecule has 0 aliphatic heterocycles. The minimum absolute atomic E-state index is 0.0613. The number of carbonyl (C=O) groups is 1. The molecule has 0 aliphatic carbocycles. The van der Waals surface area contributed by atoms with Crippen molar-refractivity contribution in [3.63, 3.8) is 0 Å². The first kappa shape index (κ1) is 23.8. The molecule has 0 radical (unpaired) electrons. The molecule has 4 rings (SSSR count). The Bertz CT molecular complexity index is 1350. The van der Waals surface area contributed by atoms with Gasteiger partial charge in [0.15, 0.2) is 5.16 Å². The molecule has 0 spiro atoms. The van der Waals surface area contributed by atoms with Gasteiger partial charge in [-0.05, 0) is 55.0 Å². The van der Waals surface area contributed by atoms with Crippen molar-refractivity contribution in [3.8, 4) is 0 Å². The third-order valence-corrected chi connectivity index (χ3v) is 6.83. The number of hydrogen-bond donors (Lipinski definition) is 1. The number of benzene rings is 3. The normalized spacial score (nSPS) is 11.0. The van der Waals surface area contributed by atoms with Crippen LogP contribution in [-0.4, -0.2) is 21.2 Å². The van der Waals surface area contributed by atoms with Crippen LogP contribution in [0.15, 0.2) is 82.7 Å². The van der Waals surface area contributed by atoms with E-state index in [1.165, 1.54) is 17.3 Å². The number of nitrogens with one attached hydrogen (secondary N) is 1. The standard InChI is InChI=1S/C28H29N3O2S/c1-3-22-15-9-11-20(2)26(22)30-25(32)19-34-28-29-24-17-8-7-16-23(24)27(33)31(28)18-10-14-21-12-5-4-6-13-21/h4-9,11-13,15-17H,3,10,14,18-19H2,1-2H3,(H,30,32). The van der Waals surface area contributed by atoms with Crippen molar-refractivity contribution in [3.05, 3.63) is 99.8 Å². The number of nitrogens with zero attached hydrogens (tertiary/aromatic N) is 2. The molecule has 1 amide bonds. The van der Waals surface area contributed by atoms with Gasteiger partial charge in [0, 0.05) is 12.2 Å². The number of para-hydroxylation sites is 2. The molecule has 6 heteroatoms. The van der Waals surface area contributed by atoms with E-state index in [9.17, 15) is 9.59 Å². The summed E-state index contributed by atoms with van der Waals surface area (Å²) < 4.78 is 1.72. The molecule has 5 nitrogen and oxygen atoms in total. The van der Waals surface area contributed by atoms with Gasteiger partial charge < -0.3 is 5.32 Å². The van der Waals surface area contributed by atoms with E-state index in [1.54, 1.807) is 4.57 Å². The third kappa shape index (κ3) is 5.57. The zero-order valence-corrected chi connectivity index (χ0v) is 20.4. The Balaban J connectivity index is 1.53. The number of amides is 1. The van der Waals surface area contributed by atoms with E-state index in [0.717, 1.165) is 36.1 Å². The van der Waals surface area contributed by atoms with E-state index in [4.69, 9.17) is 4.98 Å². The number of aryl methyl sites for hydroxylation is 3. The van der Waals surface area contributed by atoms with Crippen molar-refractivity contribution in [2.45, 2.75) is 44.8 Å². The number of rotatable bonds is 9. The molecule has 34 heavy (non-hydrogen) atoms. The van der Waals surface area contributed by atoms with Crippen LogP contribution >= 0.6 is 11.8 Å². The Morgan fingerprint density at radius 3 is 2.56 bits per heavy atom. The second-order valence-corrected chi connectivity index (χ2v) is 9.20. The van der Waals surface area contributed by atoms with Crippen molar-refractivity contribution < 1.29 is 4.79 Å². The topological polar surface area (TPSA) is 64.0 Å². The summed E-state index contributed by atoms with van der Waals surface area (Å²) in [6, 6.07) is 23.7. The van der Waals surface area contributed by atoms with Crippen LogP contribution < -0.4 is 10.9 Å². The molecule has 0 aliphatic rings. The molecule has 0 atom stereocenters. The van der Waals surface area contributed by atoms with Crippen LogP contribution in [0.5, 0.6) is 0 Å². The number of aromatic nitrogens is 2. The summed E-state index contributed by atoms with van der Waals surface area (Å²) in [6.45, 7) is 4.62. The predicted molar refractivity (Wildman–Crippen MR) is 141 cm³/mol. The van der Waals surface area contributed by atoms with Crippen LogP contribution in [0.3, 0.4) is 0 Å². The third-order valence-electron chi connectivity index (χ3n) is 5.85. The zero-order chi connectivity index (χ0) is 23.9. The number of thioether (sulfide) groups is 1. The van der Waals surface area contributed by atoms with E-state index in [2.05, 4.69) is 24.4 Å². The van der Waals surface area contributed by atoms with Gasteiger partial charge in [0.1, 0.15) is 0 Å². The lowest BCUT2D eigenvalue weighted by molar-refractivity contribution is -0.113. The highest BCUT2D eigenvalue weighted by Crippen LogP contribution is 2.23. The van der Waals surface area contributed by atoms with Crippen LogP contribution in [0.4, 0.5) is 5.69 Å². The van der Waals surface area contributed by atoms with Crippen molar-refractivity contribution >= 4 is 34.3 Å². The van der Waals surface area contributed by atoms with Gasteiger partial charge in [0.2, 0.25) is 5.91 Å². The maximum atomic E-state index is 13.3. The molecular weight excluding hydrogens is 442 g/mol. The van der Waals surface area contributed by atoms with Crippen LogP contribution in [0.2, 0.25) is 0 Å². The summed E-state index contributed by atoms with van der Waals surface area (Å²) in [6.07, 6.45) is 2.53. The lowest BCUT2D eigenvalue weighted by Crippen LogP contribution is -2.24. The molecule has 1 heterocycles. The molecule has 174 valence electrons. The van der Waals surface area contributed by atoms with Gasteiger partial charge in [0.25, 0.3) is 5.56 Å². The fourth-order valence-electron chi connectivity index (χ4n) is 4.05. The van der Waals surface area contributed by atoms with Gasteiger partial charge in [-0.25, -0.2) is 4.98 Å². The van der Waals surface area contributed by atoms with E-state index in [0.29, 0.717) is 22.6 Å². The molecule has 0 fully saturated rings. The predicted octanol–water partition coefficient (Wildman–Crippen LogP) is 5.63. The van der Waals surface area contributed by atoms with Gasteiger partial charge in [-0.2, -0.15) is 0 Å². The van der Waals surface area contributed by atoms with Crippen molar-refractivity contribution in [1.29, 1.82) is 0 Å². The molecule has 0 bridgehead atoms. The molecule has 1 N–H and O–H groups in total. The number of hydrogen-bond acceptors (Lipinski definition) is 4. The number of anilines is 1. The van der Waals surface area contributed by atoms with E-state index < -0.39 is 0 Å². The maximum absolute atomic E-state index is 13.3. The second-order valence-electron chi connectivity index (χ2n) is 8.26. The van der Waals surface area contributed by atoms with Crippen LogP contribution in [0, 0.1) is 6.92 Å².